The van der Waals surface area contributed by atoms with E-state index in [1.807, 2.05) is 0 Å². The van der Waals surface area contributed by atoms with E-state index in [0.717, 1.165) is 6.42 Å². The van der Waals surface area contributed by atoms with Crippen LogP contribution < -0.4 is 10.1 Å². The van der Waals surface area contributed by atoms with Crippen LogP contribution in [0.25, 0.3) is 0 Å². The Kier molecular flexibility index (Phi) is 4.55. The zero-order valence-corrected chi connectivity index (χ0v) is 9.88. The number of ether oxygens (including phenoxy) is 1. The number of anilines is 1. The molecule has 6 heteroatoms. The van der Waals surface area contributed by atoms with Crippen molar-refractivity contribution < 1.29 is 4.74 Å². The molecule has 0 unspecified atom stereocenters. The molecule has 0 amide bonds. The molecular weight excluding hydrogens is 216 g/mol. The standard InChI is InChI=1S/C9H15ClN4O/c1-6(2)4-5-15-9-13-7(10)12-8(11-3)14-9/h6H,4-5H2,1-3H3,(H,11,12,13,14). The Bertz CT molecular complexity index is 319. The molecule has 0 aliphatic carbocycles. The Morgan fingerprint density at radius 1 is 1.33 bits per heavy atom. The SMILES string of the molecule is CNc1nc(Cl)nc(OCCC(C)C)n1. The molecule has 1 rings (SSSR count). The summed E-state index contributed by atoms with van der Waals surface area (Å²) in [4.78, 5) is 11.7. The van der Waals surface area contributed by atoms with Crippen LogP contribution in [0.1, 0.15) is 20.3 Å². The van der Waals surface area contributed by atoms with Gasteiger partial charge in [-0.25, -0.2) is 0 Å². The van der Waals surface area contributed by atoms with Crippen LogP contribution in [0.2, 0.25) is 5.28 Å². The average molecular weight is 231 g/mol. The van der Waals surface area contributed by atoms with Crippen LogP contribution in [0, 0.1) is 5.92 Å². The summed E-state index contributed by atoms with van der Waals surface area (Å²) >= 11 is 5.69. The van der Waals surface area contributed by atoms with Gasteiger partial charge in [0.1, 0.15) is 0 Å². The van der Waals surface area contributed by atoms with Gasteiger partial charge in [-0.2, -0.15) is 15.0 Å². The molecule has 15 heavy (non-hydrogen) atoms. The van der Waals surface area contributed by atoms with Crippen molar-refractivity contribution in [2.24, 2.45) is 5.92 Å². The van der Waals surface area contributed by atoms with Crippen LogP contribution in [0.15, 0.2) is 0 Å². The normalized spacial score (nSPS) is 10.5. The molecule has 0 saturated heterocycles. The molecule has 0 aromatic carbocycles. The van der Waals surface area contributed by atoms with Gasteiger partial charge < -0.3 is 10.1 Å². The predicted octanol–water partition coefficient (Wildman–Crippen LogP) is 1.99. The van der Waals surface area contributed by atoms with Crippen molar-refractivity contribution in [1.29, 1.82) is 0 Å². The second kappa shape index (κ2) is 5.70. The maximum Gasteiger partial charge on any atom is 0.322 e. The number of rotatable bonds is 5. The Balaban J connectivity index is 2.56. The molecule has 0 atom stereocenters. The van der Waals surface area contributed by atoms with Gasteiger partial charge in [0.2, 0.25) is 11.2 Å². The molecule has 0 saturated carbocycles. The number of nitrogens with one attached hydrogen (secondary N) is 1. The summed E-state index contributed by atoms with van der Waals surface area (Å²) in [5.41, 5.74) is 0. The maximum atomic E-state index is 5.69. The zero-order chi connectivity index (χ0) is 11.3. The van der Waals surface area contributed by atoms with E-state index >= 15 is 0 Å². The minimum Gasteiger partial charge on any atom is -0.463 e. The number of hydrogen-bond donors (Lipinski definition) is 1. The lowest BCUT2D eigenvalue weighted by molar-refractivity contribution is 0.268. The summed E-state index contributed by atoms with van der Waals surface area (Å²) in [5, 5.41) is 2.91. The molecule has 1 aromatic rings. The first-order valence-electron chi connectivity index (χ1n) is 4.84. The van der Waals surface area contributed by atoms with Gasteiger partial charge in [-0.05, 0) is 23.9 Å². The summed E-state index contributed by atoms with van der Waals surface area (Å²) in [6, 6.07) is 0.264. The molecule has 0 radical (unpaired) electrons. The number of halogens is 1. The third kappa shape index (κ3) is 4.29. The molecule has 1 aromatic heterocycles. The molecule has 5 nitrogen and oxygen atoms in total. The van der Waals surface area contributed by atoms with Crippen LogP contribution in [0.5, 0.6) is 6.01 Å². The smallest absolute Gasteiger partial charge is 0.322 e. The molecule has 0 spiro atoms. The van der Waals surface area contributed by atoms with E-state index in [-0.39, 0.29) is 11.3 Å². The Morgan fingerprint density at radius 3 is 2.67 bits per heavy atom. The van der Waals surface area contributed by atoms with Crippen LogP contribution >= 0.6 is 11.6 Å². The highest BCUT2D eigenvalue weighted by atomic mass is 35.5. The predicted molar refractivity (Wildman–Crippen MR) is 59.3 cm³/mol. The van der Waals surface area contributed by atoms with E-state index in [1.54, 1.807) is 7.05 Å². The van der Waals surface area contributed by atoms with E-state index in [1.165, 1.54) is 0 Å². The van der Waals surface area contributed by atoms with Gasteiger partial charge in [-0.3, -0.25) is 0 Å². The maximum absolute atomic E-state index is 5.69. The Labute approximate surface area is 94.2 Å². The Hall–Kier alpha value is -1.10. The number of nitrogens with zero attached hydrogens (tertiary/aromatic N) is 3. The van der Waals surface area contributed by atoms with Crippen LogP contribution in [0.3, 0.4) is 0 Å². The lowest BCUT2D eigenvalue weighted by Crippen LogP contribution is -2.06. The van der Waals surface area contributed by atoms with Gasteiger partial charge in [-0.1, -0.05) is 13.8 Å². The van der Waals surface area contributed by atoms with E-state index < -0.39 is 0 Å². The molecule has 84 valence electrons. The van der Waals surface area contributed by atoms with Gasteiger partial charge in [-0.15, -0.1) is 0 Å². The molecule has 1 N–H and O–H groups in total. The molecule has 1 heterocycles. The van der Waals surface area contributed by atoms with E-state index in [2.05, 4.69) is 34.1 Å². The van der Waals surface area contributed by atoms with Crippen LogP contribution in [-0.2, 0) is 0 Å². The van der Waals surface area contributed by atoms with Crippen LogP contribution in [0.4, 0.5) is 5.95 Å². The van der Waals surface area contributed by atoms with Gasteiger partial charge >= 0.3 is 6.01 Å². The quantitative estimate of drug-likeness (QED) is 0.838. The zero-order valence-electron chi connectivity index (χ0n) is 9.12. The molecule has 0 fully saturated rings. The second-order valence-electron chi connectivity index (χ2n) is 3.49. The highest BCUT2D eigenvalue weighted by Gasteiger charge is 2.04. The monoisotopic (exact) mass is 230 g/mol. The Morgan fingerprint density at radius 2 is 2.07 bits per heavy atom. The van der Waals surface area contributed by atoms with Gasteiger partial charge in [0.05, 0.1) is 6.61 Å². The van der Waals surface area contributed by atoms with Crippen molar-refractivity contribution >= 4 is 17.5 Å². The second-order valence-corrected chi connectivity index (χ2v) is 3.83. The minimum absolute atomic E-state index is 0.133. The van der Waals surface area contributed by atoms with Gasteiger partial charge in [0.25, 0.3) is 0 Å². The molecular formula is C9H15ClN4O. The van der Waals surface area contributed by atoms with E-state index in [4.69, 9.17) is 16.3 Å². The first-order valence-corrected chi connectivity index (χ1v) is 5.21. The first kappa shape index (κ1) is 12.0. The highest BCUT2D eigenvalue weighted by molar-refractivity contribution is 6.28. The third-order valence-electron chi connectivity index (χ3n) is 1.74. The van der Waals surface area contributed by atoms with Crippen molar-refractivity contribution in [3.05, 3.63) is 5.28 Å². The average Bonchev–Trinajstić information content (AvgIpc) is 2.16. The molecule has 0 aliphatic rings. The van der Waals surface area contributed by atoms with Crippen molar-refractivity contribution in [3.8, 4) is 6.01 Å². The summed E-state index contributed by atoms with van der Waals surface area (Å²) in [6.45, 7) is 4.84. The third-order valence-corrected chi connectivity index (χ3v) is 1.91. The summed E-state index contributed by atoms with van der Waals surface area (Å²) in [6.07, 6.45) is 0.957. The number of hydrogen-bond acceptors (Lipinski definition) is 5. The molecule has 0 bridgehead atoms. The van der Waals surface area contributed by atoms with Crippen molar-refractivity contribution in [1.82, 2.24) is 15.0 Å². The van der Waals surface area contributed by atoms with Crippen molar-refractivity contribution in [2.75, 3.05) is 19.0 Å². The van der Waals surface area contributed by atoms with E-state index in [0.29, 0.717) is 18.5 Å². The lowest BCUT2D eigenvalue weighted by atomic mass is 10.1. The summed E-state index contributed by atoms with van der Waals surface area (Å²) in [7, 11) is 1.71. The van der Waals surface area contributed by atoms with Gasteiger partial charge in [0, 0.05) is 7.05 Å². The number of aromatic nitrogens is 3. The topological polar surface area (TPSA) is 59.9 Å². The highest BCUT2D eigenvalue weighted by Crippen LogP contribution is 2.11. The minimum atomic E-state index is 0.133. The van der Waals surface area contributed by atoms with Crippen LogP contribution in [-0.4, -0.2) is 28.6 Å². The summed E-state index contributed by atoms with van der Waals surface area (Å²) in [5.74, 6) is 1.00. The fourth-order valence-corrected chi connectivity index (χ4v) is 1.05. The van der Waals surface area contributed by atoms with Gasteiger partial charge in [0.15, 0.2) is 0 Å². The van der Waals surface area contributed by atoms with Crippen molar-refractivity contribution in [3.63, 3.8) is 0 Å². The lowest BCUT2D eigenvalue weighted by Gasteiger charge is -2.07. The van der Waals surface area contributed by atoms with E-state index in [9.17, 15) is 0 Å². The fraction of sp³-hybridized carbons (Fsp3) is 0.667. The fourth-order valence-electron chi connectivity index (χ4n) is 0.894. The summed E-state index contributed by atoms with van der Waals surface area (Å²) < 4.78 is 5.35. The van der Waals surface area contributed by atoms with Crippen molar-refractivity contribution in [2.45, 2.75) is 20.3 Å². The molecule has 0 aliphatic heterocycles. The largest absolute Gasteiger partial charge is 0.463 e. The first-order chi connectivity index (χ1) is 7.11.